The van der Waals surface area contributed by atoms with Gasteiger partial charge in [0.05, 0.1) is 25.2 Å². The molecule has 0 fully saturated rings. The molecule has 1 aromatic heterocycles. The number of aliphatic hydroxyl groups excluding tert-OH is 1. The molecule has 6 heteroatoms. The number of imidazole rings is 1. The van der Waals surface area contributed by atoms with E-state index in [1.807, 2.05) is 30.7 Å². The van der Waals surface area contributed by atoms with Gasteiger partial charge in [-0.05, 0) is 37.0 Å². The van der Waals surface area contributed by atoms with Crippen molar-refractivity contribution in [2.75, 3.05) is 13.2 Å². The summed E-state index contributed by atoms with van der Waals surface area (Å²) in [5.74, 6) is 0.887. The van der Waals surface area contributed by atoms with Crippen LogP contribution in [0.5, 0.6) is 5.75 Å². The molecule has 0 aliphatic heterocycles. The number of rotatable bonds is 8. The quantitative estimate of drug-likeness (QED) is 0.787. The van der Waals surface area contributed by atoms with Gasteiger partial charge in [0.2, 0.25) is 0 Å². The number of hydrogen-bond acceptors (Lipinski definition) is 4. The van der Waals surface area contributed by atoms with E-state index >= 15 is 0 Å². The van der Waals surface area contributed by atoms with E-state index in [0.717, 1.165) is 22.6 Å². The van der Waals surface area contributed by atoms with Crippen molar-refractivity contribution in [1.82, 2.24) is 14.5 Å². The lowest BCUT2D eigenvalue weighted by Crippen LogP contribution is -2.42. The number of carbonyl (C=O) groups is 1. The van der Waals surface area contributed by atoms with Crippen LogP contribution < -0.4 is 4.74 Å². The Balaban J connectivity index is 2.16. The Hall–Kier alpha value is -2.34. The molecule has 0 saturated carbocycles. The molecule has 26 heavy (non-hydrogen) atoms. The molecule has 0 spiro atoms. The van der Waals surface area contributed by atoms with Crippen LogP contribution in [0.3, 0.4) is 0 Å². The van der Waals surface area contributed by atoms with Gasteiger partial charge in [-0.25, -0.2) is 4.98 Å². The molecule has 0 saturated heterocycles. The van der Waals surface area contributed by atoms with E-state index in [-0.39, 0.29) is 19.1 Å². The summed E-state index contributed by atoms with van der Waals surface area (Å²) in [7, 11) is 1.88. The molecule has 1 atom stereocenters. The lowest BCUT2D eigenvalue weighted by molar-refractivity contribution is -0.139. The Bertz CT molecular complexity index is 740. The van der Waals surface area contributed by atoms with E-state index in [1.54, 1.807) is 24.3 Å². The Kier molecular flexibility index (Phi) is 6.80. The number of nitrogens with zero attached hydrogens (tertiary/aromatic N) is 3. The van der Waals surface area contributed by atoms with Gasteiger partial charge in [0.25, 0.3) is 5.91 Å². The SMILES string of the molecule is Cc1ccc(C(C)C)c(OC(C)C(=O)N(CCO)Cc2cncn2C)c1. The summed E-state index contributed by atoms with van der Waals surface area (Å²) in [6.07, 6.45) is 2.77. The average Bonchev–Trinajstić information content (AvgIpc) is 2.98. The van der Waals surface area contributed by atoms with Crippen LogP contribution in [0.4, 0.5) is 0 Å². The maximum absolute atomic E-state index is 12.9. The third-order valence-corrected chi connectivity index (χ3v) is 4.39. The van der Waals surface area contributed by atoms with E-state index in [9.17, 15) is 9.90 Å². The maximum atomic E-state index is 12.9. The fraction of sp³-hybridized carbons (Fsp3) is 0.500. The van der Waals surface area contributed by atoms with Crippen LogP contribution in [0, 0.1) is 6.92 Å². The van der Waals surface area contributed by atoms with Crippen molar-refractivity contribution >= 4 is 5.91 Å². The maximum Gasteiger partial charge on any atom is 0.263 e. The number of benzene rings is 1. The molecule has 6 nitrogen and oxygen atoms in total. The van der Waals surface area contributed by atoms with Crippen molar-refractivity contribution in [3.8, 4) is 5.75 Å². The summed E-state index contributed by atoms with van der Waals surface area (Å²) in [5.41, 5.74) is 3.07. The van der Waals surface area contributed by atoms with Crippen LogP contribution in [-0.4, -0.2) is 44.7 Å². The second-order valence-corrected chi connectivity index (χ2v) is 6.94. The molecule has 1 amide bonds. The van der Waals surface area contributed by atoms with Crippen LogP contribution in [0.2, 0.25) is 0 Å². The van der Waals surface area contributed by atoms with Crippen LogP contribution in [0.25, 0.3) is 0 Å². The third-order valence-electron chi connectivity index (χ3n) is 4.39. The van der Waals surface area contributed by atoms with Gasteiger partial charge in [-0.3, -0.25) is 4.79 Å². The Labute approximate surface area is 155 Å². The predicted molar refractivity (Wildman–Crippen MR) is 101 cm³/mol. The van der Waals surface area contributed by atoms with Crippen molar-refractivity contribution in [3.05, 3.63) is 47.5 Å². The lowest BCUT2D eigenvalue weighted by atomic mass is 10.0. The zero-order chi connectivity index (χ0) is 19.3. The molecule has 1 heterocycles. The van der Waals surface area contributed by atoms with Gasteiger partial charge >= 0.3 is 0 Å². The summed E-state index contributed by atoms with van der Waals surface area (Å²) in [4.78, 5) is 18.6. The minimum atomic E-state index is -0.644. The van der Waals surface area contributed by atoms with Crippen molar-refractivity contribution in [2.24, 2.45) is 7.05 Å². The molecule has 1 aromatic carbocycles. The zero-order valence-corrected chi connectivity index (χ0v) is 16.3. The minimum Gasteiger partial charge on any atom is -0.481 e. The van der Waals surface area contributed by atoms with E-state index in [2.05, 4.69) is 24.9 Å². The van der Waals surface area contributed by atoms with Gasteiger partial charge in [0.1, 0.15) is 5.75 Å². The van der Waals surface area contributed by atoms with Crippen LogP contribution in [0.15, 0.2) is 30.7 Å². The van der Waals surface area contributed by atoms with Crippen LogP contribution in [-0.2, 0) is 18.4 Å². The van der Waals surface area contributed by atoms with Crippen molar-refractivity contribution in [1.29, 1.82) is 0 Å². The fourth-order valence-electron chi connectivity index (χ4n) is 2.84. The molecule has 142 valence electrons. The van der Waals surface area contributed by atoms with Gasteiger partial charge in [-0.2, -0.15) is 0 Å². The number of hydrogen-bond donors (Lipinski definition) is 1. The number of carbonyl (C=O) groups excluding carboxylic acids is 1. The summed E-state index contributed by atoms with van der Waals surface area (Å²) in [6, 6.07) is 6.07. The average molecular weight is 359 g/mol. The molecule has 2 aromatic rings. The molecule has 0 aliphatic carbocycles. The van der Waals surface area contributed by atoms with Crippen molar-refractivity contribution in [3.63, 3.8) is 0 Å². The highest BCUT2D eigenvalue weighted by atomic mass is 16.5. The first-order chi connectivity index (χ1) is 12.3. The Morgan fingerprint density at radius 2 is 2.08 bits per heavy atom. The zero-order valence-electron chi connectivity index (χ0n) is 16.3. The van der Waals surface area contributed by atoms with Crippen LogP contribution >= 0.6 is 0 Å². The first-order valence-electron chi connectivity index (χ1n) is 8.95. The number of aliphatic hydroxyl groups is 1. The lowest BCUT2D eigenvalue weighted by Gasteiger charge is -2.26. The normalized spacial score (nSPS) is 12.3. The molecule has 0 bridgehead atoms. The Morgan fingerprint density at radius 3 is 2.65 bits per heavy atom. The van der Waals surface area contributed by atoms with Gasteiger partial charge in [-0.1, -0.05) is 26.0 Å². The molecular weight excluding hydrogens is 330 g/mol. The smallest absolute Gasteiger partial charge is 0.263 e. The number of ether oxygens (including phenoxy) is 1. The molecule has 0 radical (unpaired) electrons. The molecule has 0 aliphatic rings. The summed E-state index contributed by atoms with van der Waals surface area (Å²) in [5, 5.41) is 9.35. The predicted octanol–water partition coefficient (Wildman–Crippen LogP) is 2.64. The first-order valence-corrected chi connectivity index (χ1v) is 8.95. The van der Waals surface area contributed by atoms with E-state index < -0.39 is 6.10 Å². The minimum absolute atomic E-state index is 0.0992. The molecule has 1 N–H and O–H groups in total. The molecule has 2 rings (SSSR count). The fourth-order valence-corrected chi connectivity index (χ4v) is 2.84. The van der Waals surface area contributed by atoms with Gasteiger partial charge in [0, 0.05) is 19.8 Å². The second kappa shape index (κ2) is 8.85. The van der Waals surface area contributed by atoms with E-state index in [4.69, 9.17) is 4.74 Å². The standard InChI is InChI=1S/C20H29N3O3/c1-14(2)18-7-6-15(3)10-19(18)26-16(4)20(25)23(8-9-24)12-17-11-21-13-22(17)5/h6-7,10-11,13-14,16,24H,8-9,12H2,1-5H3. The monoisotopic (exact) mass is 359 g/mol. The first kappa shape index (κ1) is 20.0. The van der Waals surface area contributed by atoms with Gasteiger partial charge in [0.15, 0.2) is 6.10 Å². The highest BCUT2D eigenvalue weighted by Crippen LogP contribution is 2.28. The number of amides is 1. The van der Waals surface area contributed by atoms with E-state index in [0.29, 0.717) is 12.5 Å². The molecular formula is C20H29N3O3. The van der Waals surface area contributed by atoms with Crippen LogP contribution in [0.1, 0.15) is 43.5 Å². The summed E-state index contributed by atoms with van der Waals surface area (Å²) < 4.78 is 7.89. The molecule has 1 unspecified atom stereocenters. The Morgan fingerprint density at radius 1 is 1.35 bits per heavy atom. The topological polar surface area (TPSA) is 67.6 Å². The van der Waals surface area contributed by atoms with Gasteiger partial charge < -0.3 is 19.3 Å². The van der Waals surface area contributed by atoms with Crippen molar-refractivity contribution < 1.29 is 14.6 Å². The highest BCUT2D eigenvalue weighted by molar-refractivity contribution is 5.81. The van der Waals surface area contributed by atoms with E-state index in [1.165, 1.54) is 0 Å². The number of aromatic nitrogens is 2. The summed E-state index contributed by atoms with van der Waals surface area (Å²) >= 11 is 0. The summed E-state index contributed by atoms with van der Waals surface area (Å²) in [6.45, 7) is 8.50. The third kappa shape index (κ3) is 4.85. The number of aryl methyl sites for hydroxylation is 2. The highest BCUT2D eigenvalue weighted by Gasteiger charge is 2.24. The van der Waals surface area contributed by atoms with Gasteiger partial charge in [-0.15, -0.1) is 0 Å². The van der Waals surface area contributed by atoms with Crippen molar-refractivity contribution in [2.45, 2.75) is 46.3 Å². The largest absolute Gasteiger partial charge is 0.481 e. The second-order valence-electron chi connectivity index (χ2n) is 6.94.